The monoisotopic (exact) mass is 248 g/mol. The van der Waals surface area contributed by atoms with Crippen LogP contribution in [0.1, 0.15) is 11.1 Å². The quantitative estimate of drug-likeness (QED) is 0.446. The Balaban J connectivity index is 2.16. The minimum absolute atomic E-state index is 0.0928. The molecule has 0 saturated carbocycles. The van der Waals surface area contributed by atoms with Crippen LogP contribution >= 0.6 is 0 Å². The zero-order valence-electron chi connectivity index (χ0n) is 10.4. The Labute approximate surface area is 105 Å². The van der Waals surface area contributed by atoms with Gasteiger partial charge >= 0.3 is 6.03 Å². The minimum atomic E-state index is -0.344. The van der Waals surface area contributed by atoms with Crippen molar-refractivity contribution in [3.8, 4) is 0 Å². The van der Waals surface area contributed by atoms with Gasteiger partial charge in [-0.3, -0.25) is 10.2 Å². The molecule has 1 aromatic carbocycles. The summed E-state index contributed by atoms with van der Waals surface area (Å²) < 4.78 is 0. The van der Waals surface area contributed by atoms with Crippen molar-refractivity contribution in [2.75, 3.05) is 19.0 Å². The average molecular weight is 248 g/mol. The minimum Gasteiger partial charge on any atom is -0.322 e. The van der Waals surface area contributed by atoms with Crippen LogP contribution in [-0.2, 0) is 17.8 Å². The normalized spacial score (nSPS) is 13.5. The number of amides is 3. The van der Waals surface area contributed by atoms with Gasteiger partial charge in [-0.15, -0.1) is 0 Å². The first-order valence-corrected chi connectivity index (χ1v) is 5.63. The van der Waals surface area contributed by atoms with Crippen molar-refractivity contribution < 1.29 is 9.59 Å². The molecule has 0 aromatic heterocycles. The molecule has 0 fully saturated rings. The Morgan fingerprint density at radius 2 is 2.28 bits per heavy atom. The van der Waals surface area contributed by atoms with E-state index in [0.29, 0.717) is 13.0 Å². The lowest BCUT2D eigenvalue weighted by molar-refractivity contribution is -0.117. The van der Waals surface area contributed by atoms with E-state index < -0.39 is 0 Å². The number of carbonyl (C=O) groups excluding carboxylic acids is 2. The molecule has 0 spiro atoms. The number of rotatable bonds is 2. The van der Waals surface area contributed by atoms with Gasteiger partial charge in [-0.05, 0) is 17.2 Å². The van der Waals surface area contributed by atoms with Crippen LogP contribution in [0.5, 0.6) is 0 Å². The lowest BCUT2D eigenvalue weighted by atomic mass is 10.1. The van der Waals surface area contributed by atoms with Gasteiger partial charge in [-0.25, -0.2) is 10.6 Å². The lowest BCUT2D eigenvalue weighted by Crippen LogP contribution is -2.40. The van der Waals surface area contributed by atoms with Gasteiger partial charge < -0.3 is 9.80 Å². The highest BCUT2D eigenvalue weighted by Crippen LogP contribution is 2.28. The number of likely N-dealkylation sites (N-methyl/N-ethyl adjacent to an activating group) is 1. The van der Waals surface area contributed by atoms with Crippen LogP contribution < -0.4 is 16.2 Å². The summed E-state index contributed by atoms with van der Waals surface area (Å²) in [5.41, 5.74) is 4.99. The second-order valence-electron chi connectivity index (χ2n) is 4.40. The molecule has 0 aliphatic carbocycles. The maximum atomic E-state index is 11.6. The van der Waals surface area contributed by atoms with Crippen molar-refractivity contribution in [2.24, 2.45) is 5.84 Å². The van der Waals surface area contributed by atoms with Crippen molar-refractivity contribution in [3.63, 3.8) is 0 Å². The van der Waals surface area contributed by atoms with E-state index in [1.54, 1.807) is 19.0 Å². The van der Waals surface area contributed by atoms with E-state index in [-0.39, 0.29) is 11.9 Å². The highest BCUT2D eigenvalue weighted by Gasteiger charge is 2.24. The number of nitrogens with zero attached hydrogens (tertiary/aromatic N) is 2. The smallest absolute Gasteiger partial charge is 0.322 e. The van der Waals surface area contributed by atoms with Crippen LogP contribution in [-0.4, -0.2) is 30.9 Å². The SMILES string of the molecule is CN(Cc1ccc2c(c1)CC(=O)N2C)C(=O)NN. The molecule has 2 rings (SSSR count). The predicted molar refractivity (Wildman–Crippen MR) is 67.7 cm³/mol. The Kier molecular flexibility index (Phi) is 3.20. The van der Waals surface area contributed by atoms with Gasteiger partial charge in [0.05, 0.1) is 6.42 Å². The fourth-order valence-corrected chi connectivity index (χ4v) is 2.08. The maximum Gasteiger partial charge on any atom is 0.331 e. The van der Waals surface area contributed by atoms with E-state index in [1.165, 1.54) is 4.90 Å². The van der Waals surface area contributed by atoms with Crippen molar-refractivity contribution >= 4 is 17.6 Å². The Hall–Kier alpha value is -2.08. The summed E-state index contributed by atoms with van der Waals surface area (Å²) in [6.45, 7) is 0.453. The molecule has 3 amide bonds. The molecule has 6 nitrogen and oxygen atoms in total. The van der Waals surface area contributed by atoms with E-state index in [2.05, 4.69) is 5.43 Å². The molecule has 1 heterocycles. The van der Waals surface area contributed by atoms with E-state index in [1.807, 2.05) is 18.2 Å². The van der Waals surface area contributed by atoms with E-state index in [0.717, 1.165) is 16.8 Å². The number of nitrogens with two attached hydrogens (primary N) is 1. The molecule has 1 aliphatic heterocycles. The fraction of sp³-hybridized carbons (Fsp3) is 0.333. The number of hydrogen-bond donors (Lipinski definition) is 2. The molecule has 6 heteroatoms. The molecule has 1 aromatic rings. The summed E-state index contributed by atoms with van der Waals surface area (Å²) in [4.78, 5) is 26.0. The Morgan fingerprint density at radius 3 is 2.94 bits per heavy atom. The van der Waals surface area contributed by atoms with E-state index >= 15 is 0 Å². The highest BCUT2D eigenvalue weighted by molar-refractivity contribution is 6.00. The number of fused-ring (bicyclic) bond motifs is 1. The van der Waals surface area contributed by atoms with Crippen molar-refractivity contribution in [2.45, 2.75) is 13.0 Å². The maximum absolute atomic E-state index is 11.6. The van der Waals surface area contributed by atoms with Crippen LogP contribution in [0.25, 0.3) is 0 Å². The molecule has 0 radical (unpaired) electrons. The Bertz CT molecular complexity index is 501. The lowest BCUT2D eigenvalue weighted by Gasteiger charge is -2.17. The first-order valence-electron chi connectivity index (χ1n) is 5.63. The number of nitrogens with one attached hydrogen (secondary N) is 1. The summed E-state index contributed by atoms with van der Waals surface area (Å²) in [5, 5.41) is 0. The summed E-state index contributed by atoms with van der Waals surface area (Å²) in [6.07, 6.45) is 0.423. The van der Waals surface area contributed by atoms with Gasteiger partial charge in [0.2, 0.25) is 5.91 Å². The summed E-state index contributed by atoms with van der Waals surface area (Å²) >= 11 is 0. The van der Waals surface area contributed by atoms with Crippen LogP contribution in [0.4, 0.5) is 10.5 Å². The number of anilines is 1. The van der Waals surface area contributed by atoms with Gasteiger partial charge in [0.1, 0.15) is 0 Å². The van der Waals surface area contributed by atoms with Crippen molar-refractivity contribution in [1.82, 2.24) is 10.3 Å². The van der Waals surface area contributed by atoms with E-state index in [9.17, 15) is 9.59 Å². The molecular weight excluding hydrogens is 232 g/mol. The number of hydrazine groups is 1. The molecule has 0 unspecified atom stereocenters. The predicted octanol–water partition coefficient (Wildman–Crippen LogP) is 0.221. The molecule has 0 saturated heterocycles. The van der Waals surface area contributed by atoms with Gasteiger partial charge in [0, 0.05) is 26.3 Å². The molecule has 1 aliphatic rings. The zero-order chi connectivity index (χ0) is 13.3. The number of urea groups is 1. The van der Waals surface area contributed by atoms with Crippen molar-refractivity contribution in [1.29, 1.82) is 0 Å². The molecule has 3 N–H and O–H groups in total. The molecule has 0 bridgehead atoms. The highest BCUT2D eigenvalue weighted by atomic mass is 16.2. The third kappa shape index (κ3) is 2.14. The number of carbonyl (C=O) groups is 2. The topological polar surface area (TPSA) is 78.7 Å². The van der Waals surface area contributed by atoms with Gasteiger partial charge in [0.15, 0.2) is 0 Å². The second kappa shape index (κ2) is 4.66. The summed E-state index contributed by atoms with van der Waals surface area (Å²) in [7, 11) is 3.43. The number of hydrogen-bond acceptors (Lipinski definition) is 3. The van der Waals surface area contributed by atoms with Crippen LogP contribution in [0.15, 0.2) is 18.2 Å². The first kappa shape index (κ1) is 12.4. The largest absolute Gasteiger partial charge is 0.331 e. The number of benzene rings is 1. The summed E-state index contributed by atoms with van der Waals surface area (Å²) in [5.74, 6) is 5.15. The third-order valence-electron chi connectivity index (χ3n) is 3.11. The standard InChI is InChI=1S/C12H16N4O2/c1-15(12(18)14-13)7-8-3-4-10-9(5-8)6-11(17)16(10)2/h3-5H,6-7,13H2,1-2H3,(H,14,18). The van der Waals surface area contributed by atoms with Crippen LogP contribution in [0.2, 0.25) is 0 Å². The zero-order valence-corrected chi connectivity index (χ0v) is 10.4. The van der Waals surface area contributed by atoms with Crippen LogP contribution in [0.3, 0.4) is 0 Å². The van der Waals surface area contributed by atoms with Crippen LogP contribution in [0, 0.1) is 0 Å². The third-order valence-corrected chi connectivity index (χ3v) is 3.11. The molecule has 0 atom stereocenters. The molecule has 18 heavy (non-hydrogen) atoms. The van der Waals surface area contributed by atoms with E-state index in [4.69, 9.17) is 5.84 Å². The van der Waals surface area contributed by atoms with Gasteiger partial charge in [-0.1, -0.05) is 12.1 Å². The second-order valence-corrected chi connectivity index (χ2v) is 4.40. The average Bonchev–Trinajstić information content (AvgIpc) is 2.63. The Morgan fingerprint density at radius 1 is 1.56 bits per heavy atom. The first-order chi connectivity index (χ1) is 8.52. The van der Waals surface area contributed by atoms with Crippen molar-refractivity contribution in [3.05, 3.63) is 29.3 Å². The van der Waals surface area contributed by atoms with Gasteiger partial charge in [-0.2, -0.15) is 0 Å². The van der Waals surface area contributed by atoms with Gasteiger partial charge in [0.25, 0.3) is 0 Å². The molecular formula is C12H16N4O2. The molecule has 96 valence electrons. The fourth-order valence-electron chi connectivity index (χ4n) is 2.08. The summed E-state index contributed by atoms with van der Waals surface area (Å²) in [6, 6.07) is 5.43.